The third kappa shape index (κ3) is 15.1. The van der Waals surface area contributed by atoms with Crippen molar-refractivity contribution in [1.82, 2.24) is 0 Å². The average Bonchev–Trinajstić information content (AvgIpc) is 3.57. The molecule has 0 spiro atoms. The molecule has 0 bridgehead atoms. The van der Waals surface area contributed by atoms with Crippen molar-refractivity contribution in [2.45, 2.75) is 107 Å². The van der Waals surface area contributed by atoms with Crippen LogP contribution in [0, 0.1) is 49.5 Å². The van der Waals surface area contributed by atoms with Gasteiger partial charge in [-0.3, -0.25) is 6.08 Å². The summed E-state index contributed by atoms with van der Waals surface area (Å²) in [5.41, 5.74) is 14.4. The van der Waals surface area contributed by atoms with E-state index in [1.807, 2.05) is 48.5 Å². The van der Waals surface area contributed by atoms with Crippen molar-refractivity contribution in [3.05, 3.63) is 154 Å². The van der Waals surface area contributed by atoms with Crippen LogP contribution < -0.4 is 0 Å². The second-order valence-electron chi connectivity index (χ2n) is 15.9. The standard InChI is InChI=1S/C21H25.C11H17.2C7H7.CH2.2ClH.Zr/c1-20(2,3)16-9-7-14-11-15-8-10-17(21(4,5)6)13-19(15)18(14)12-16;1-8-6-9(2)10(7-8)11(3,4)5;2*1-7-5-3-2-4-6-7;;;;/h7,9-10,12-13H,11H2,1-6H3;7-8H,1-5H3;2*3-6H,1H3;1H2;2*1H;/q4*-1;;;;. The molecule has 0 aromatic heterocycles. The molecule has 2 aliphatic rings. The third-order valence-corrected chi connectivity index (χ3v) is 8.37. The van der Waals surface area contributed by atoms with Crippen LogP contribution in [0.25, 0.3) is 11.1 Å². The van der Waals surface area contributed by atoms with Gasteiger partial charge in [-0.2, -0.15) is 113 Å². The van der Waals surface area contributed by atoms with E-state index in [4.69, 9.17) is 0 Å². The first kappa shape index (κ1) is 47.7. The van der Waals surface area contributed by atoms with E-state index < -0.39 is 0 Å². The molecule has 0 amide bonds. The van der Waals surface area contributed by atoms with Gasteiger partial charge in [-0.15, -0.1) is 30.4 Å². The summed E-state index contributed by atoms with van der Waals surface area (Å²) in [6, 6.07) is 36.7. The summed E-state index contributed by atoms with van der Waals surface area (Å²) in [4.78, 5) is 0. The van der Waals surface area contributed by atoms with E-state index >= 15 is 0 Å². The number of fused-ring (bicyclic) bond motifs is 3. The van der Waals surface area contributed by atoms with Gasteiger partial charge in [-0.05, 0) is 17.4 Å². The maximum absolute atomic E-state index is 3.53. The minimum absolute atomic E-state index is 0. The number of hydrogen-bond acceptors (Lipinski definition) is 0. The van der Waals surface area contributed by atoms with Crippen molar-refractivity contribution in [3.8, 4) is 11.1 Å². The molecule has 4 aromatic carbocycles. The monoisotopic (exact) mass is 784 g/mol. The van der Waals surface area contributed by atoms with Gasteiger partial charge in [0.2, 0.25) is 0 Å². The predicted molar refractivity (Wildman–Crippen MR) is 222 cm³/mol. The van der Waals surface area contributed by atoms with E-state index in [1.165, 1.54) is 79.9 Å². The van der Waals surface area contributed by atoms with Gasteiger partial charge in [0.15, 0.2) is 0 Å². The number of allylic oxidation sites excluding steroid dienone is 4. The Morgan fingerprint density at radius 2 is 1.10 bits per heavy atom. The molecule has 270 valence electrons. The van der Waals surface area contributed by atoms with Crippen LogP contribution in [0.3, 0.4) is 0 Å². The summed E-state index contributed by atoms with van der Waals surface area (Å²) in [5, 5.41) is 0. The second kappa shape index (κ2) is 21.3. The molecule has 50 heavy (non-hydrogen) atoms. The van der Waals surface area contributed by atoms with Crippen LogP contribution in [0.1, 0.15) is 110 Å². The first-order valence-electron chi connectivity index (χ1n) is 17.1. The number of rotatable bonds is 0. The Balaban J connectivity index is 0.000000697. The van der Waals surface area contributed by atoms with Crippen LogP contribution in [-0.2, 0) is 41.5 Å². The van der Waals surface area contributed by atoms with Crippen molar-refractivity contribution < 1.29 is 24.2 Å². The zero-order valence-electron chi connectivity index (χ0n) is 32.9. The van der Waals surface area contributed by atoms with Crippen LogP contribution in [0.2, 0.25) is 0 Å². The van der Waals surface area contributed by atoms with Gasteiger partial charge < -0.3 is 0 Å². The average molecular weight is 787 g/mol. The molecule has 0 radical (unpaired) electrons. The Hall–Kier alpha value is -2.31. The summed E-state index contributed by atoms with van der Waals surface area (Å²) >= 11 is 1.30. The molecule has 0 nitrogen and oxygen atoms in total. The summed E-state index contributed by atoms with van der Waals surface area (Å²) in [6.07, 6.45) is 6.74. The van der Waals surface area contributed by atoms with Crippen molar-refractivity contribution in [1.29, 1.82) is 0 Å². The Morgan fingerprint density at radius 3 is 1.44 bits per heavy atom. The number of hydrogen-bond donors (Lipinski definition) is 0. The first-order valence-corrected chi connectivity index (χ1v) is 18.8. The van der Waals surface area contributed by atoms with Crippen molar-refractivity contribution in [2.24, 2.45) is 11.3 Å². The summed E-state index contributed by atoms with van der Waals surface area (Å²) in [5.74, 6) is 0.518. The molecule has 1 atom stereocenters. The molecule has 3 heteroatoms. The van der Waals surface area contributed by atoms with Crippen molar-refractivity contribution >= 4 is 29.0 Å². The van der Waals surface area contributed by atoms with Crippen LogP contribution in [0.15, 0.2) is 96.1 Å². The first-order chi connectivity index (χ1) is 22.4. The second-order valence-corrected chi connectivity index (χ2v) is 15.9. The van der Waals surface area contributed by atoms with E-state index in [2.05, 4.69) is 155 Å². The predicted octanol–water partition coefficient (Wildman–Crippen LogP) is 13.4. The van der Waals surface area contributed by atoms with Gasteiger partial charge in [0.1, 0.15) is 0 Å². The van der Waals surface area contributed by atoms with Crippen molar-refractivity contribution in [2.75, 3.05) is 0 Å². The van der Waals surface area contributed by atoms with Gasteiger partial charge in [-0.1, -0.05) is 136 Å². The van der Waals surface area contributed by atoms with E-state index in [1.54, 1.807) is 0 Å². The zero-order chi connectivity index (χ0) is 36.3. The van der Waals surface area contributed by atoms with Crippen LogP contribution in [0.5, 0.6) is 0 Å². The molecule has 0 heterocycles. The van der Waals surface area contributed by atoms with Gasteiger partial charge >= 0.3 is 28.4 Å². The van der Waals surface area contributed by atoms with Gasteiger partial charge in [0, 0.05) is 0 Å². The van der Waals surface area contributed by atoms with Gasteiger partial charge in [0.05, 0.1) is 0 Å². The summed E-state index contributed by atoms with van der Waals surface area (Å²) < 4.78 is 3.34. The fourth-order valence-corrected chi connectivity index (χ4v) is 5.57. The Kier molecular flexibility index (Phi) is 20.3. The Morgan fingerprint density at radius 1 is 0.640 bits per heavy atom. The van der Waals surface area contributed by atoms with E-state index in [9.17, 15) is 0 Å². The molecule has 4 aromatic rings. The maximum atomic E-state index is 3.53. The topological polar surface area (TPSA) is 0 Å². The molecular weight excluding hydrogens is 727 g/mol. The van der Waals surface area contributed by atoms with E-state index in [0.29, 0.717) is 11.3 Å². The van der Waals surface area contributed by atoms with Crippen LogP contribution in [-0.4, -0.2) is 4.21 Å². The van der Waals surface area contributed by atoms with Gasteiger partial charge in [-0.25, -0.2) is 5.57 Å². The fraction of sp³-hybridized carbons (Fsp3) is 0.383. The van der Waals surface area contributed by atoms with E-state index in [-0.39, 0.29) is 35.6 Å². The SMILES string of the molecule is CC(C)(C)c1c[c-]c2c(c1)-c1cc(C(C)(C)C)ccc1C2.CC1=[C-]C(C)C=C1C(C)(C)C.Cc1cc[c-]cc1.Cc1cc[c-]cc1.Cl.Cl.[CH2]=[Zr]. The van der Waals surface area contributed by atoms with E-state index in [0.717, 1.165) is 6.42 Å². The Bertz CT molecular complexity index is 1540. The Labute approximate surface area is 334 Å². The van der Waals surface area contributed by atoms with Crippen molar-refractivity contribution in [3.63, 3.8) is 0 Å². The zero-order valence-corrected chi connectivity index (χ0v) is 37.0. The molecule has 2 aliphatic carbocycles. The molecular formula is C47H60Cl2Zr-4. The molecule has 0 fully saturated rings. The summed E-state index contributed by atoms with van der Waals surface area (Å²) in [7, 11) is 0. The number of halogens is 2. The molecule has 0 aliphatic heterocycles. The molecule has 1 unspecified atom stereocenters. The molecule has 0 saturated carbocycles. The fourth-order valence-electron chi connectivity index (χ4n) is 5.57. The normalized spacial score (nSPS) is 13.9. The summed E-state index contributed by atoms with van der Waals surface area (Å²) in [6.45, 7) is 28.9. The van der Waals surface area contributed by atoms with Crippen LogP contribution in [0.4, 0.5) is 0 Å². The number of aryl methyl sites for hydroxylation is 2. The van der Waals surface area contributed by atoms with Gasteiger partial charge in [0.25, 0.3) is 0 Å². The molecule has 6 rings (SSSR count). The number of benzene rings is 4. The molecule has 0 saturated heterocycles. The van der Waals surface area contributed by atoms with Crippen LogP contribution >= 0.6 is 24.8 Å². The quantitative estimate of drug-likeness (QED) is 0.137. The molecule has 0 N–H and O–H groups in total. The third-order valence-electron chi connectivity index (χ3n) is 8.37. The minimum atomic E-state index is 0.